The number of hydrogen-bond acceptors (Lipinski definition) is 3. The van der Waals surface area contributed by atoms with Crippen LogP contribution in [0, 0.1) is 20.8 Å². The highest BCUT2D eigenvalue weighted by Gasteiger charge is 2.08. The van der Waals surface area contributed by atoms with E-state index < -0.39 is 0 Å². The van der Waals surface area contributed by atoms with Crippen molar-refractivity contribution in [1.82, 2.24) is 4.90 Å². The fourth-order valence-electron chi connectivity index (χ4n) is 2.42. The van der Waals surface area contributed by atoms with E-state index in [0.29, 0.717) is 19.7 Å². The van der Waals surface area contributed by atoms with Crippen molar-refractivity contribution in [2.75, 3.05) is 32.1 Å². The number of aryl methyl sites for hydroxylation is 3. The second-order valence-corrected chi connectivity index (χ2v) is 6.27. The summed E-state index contributed by atoms with van der Waals surface area (Å²) in [6, 6.07) is 14.0. The number of benzene rings is 2. The number of hydrogen-bond donors (Lipinski definition) is 1. The summed E-state index contributed by atoms with van der Waals surface area (Å²) < 4.78 is 5.69. The number of nitrogens with zero attached hydrogens (tertiary/aromatic N) is 1. The molecule has 4 heteroatoms. The molecule has 0 saturated carbocycles. The Balaban J connectivity index is 1.74. The maximum atomic E-state index is 12.1. The predicted octanol–water partition coefficient (Wildman–Crippen LogP) is 3.56. The molecule has 0 saturated heterocycles. The van der Waals surface area contributed by atoms with Crippen LogP contribution in [-0.4, -0.2) is 37.6 Å². The summed E-state index contributed by atoms with van der Waals surface area (Å²) >= 11 is 0. The van der Waals surface area contributed by atoms with Gasteiger partial charge in [-0.1, -0.05) is 35.4 Å². The van der Waals surface area contributed by atoms with Crippen LogP contribution in [0.3, 0.4) is 0 Å². The van der Waals surface area contributed by atoms with Gasteiger partial charge in [0.2, 0.25) is 5.91 Å². The predicted molar refractivity (Wildman–Crippen MR) is 98.7 cm³/mol. The highest BCUT2D eigenvalue weighted by atomic mass is 16.5. The molecule has 0 aromatic heterocycles. The third-order valence-electron chi connectivity index (χ3n) is 3.83. The average Bonchev–Trinajstić information content (AvgIpc) is 2.52. The van der Waals surface area contributed by atoms with E-state index in [-0.39, 0.29) is 5.91 Å². The van der Waals surface area contributed by atoms with E-state index in [9.17, 15) is 4.79 Å². The summed E-state index contributed by atoms with van der Waals surface area (Å²) in [5.41, 5.74) is 4.35. The van der Waals surface area contributed by atoms with Gasteiger partial charge in [0.25, 0.3) is 0 Å². The molecule has 1 N–H and O–H groups in total. The number of anilines is 1. The molecule has 24 heavy (non-hydrogen) atoms. The normalized spacial score (nSPS) is 10.7. The van der Waals surface area contributed by atoms with Gasteiger partial charge in [-0.15, -0.1) is 0 Å². The minimum Gasteiger partial charge on any atom is -0.492 e. The van der Waals surface area contributed by atoms with Gasteiger partial charge in [0.05, 0.1) is 6.54 Å². The molecule has 0 atom stereocenters. The third kappa shape index (κ3) is 5.70. The molecule has 0 fully saturated rings. The molecule has 2 aromatic carbocycles. The first-order chi connectivity index (χ1) is 11.4. The monoisotopic (exact) mass is 326 g/mol. The van der Waals surface area contributed by atoms with E-state index in [1.54, 1.807) is 0 Å². The molecule has 0 aliphatic rings. The molecule has 0 unspecified atom stereocenters. The Bertz CT molecular complexity index is 681. The lowest BCUT2D eigenvalue weighted by atomic mass is 10.1. The van der Waals surface area contributed by atoms with Crippen molar-refractivity contribution in [2.24, 2.45) is 0 Å². The van der Waals surface area contributed by atoms with Crippen LogP contribution in [0.15, 0.2) is 42.5 Å². The Morgan fingerprint density at radius 2 is 1.71 bits per heavy atom. The zero-order chi connectivity index (χ0) is 17.5. The SMILES string of the molecule is Cc1ccc(OCCN(C)CC(=O)Nc2ccc(C)cc2C)cc1. The van der Waals surface area contributed by atoms with E-state index in [4.69, 9.17) is 4.74 Å². The minimum atomic E-state index is -0.0141. The minimum absolute atomic E-state index is 0.0141. The number of rotatable bonds is 7. The van der Waals surface area contributed by atoms with Gasteiger partial charge in [0.15, 0.2) is 0 Å². The first-order valence-electron chi connectivity index (χ1n) is 8.19. The molecule has 0 radical (unpaired) electrons. The number of ether oxygens (including phenoxy) is 1. The number of carbonyl (C=O) groups is 1. The topological polar surface area (TPSA) is 41.6 Å². The first kappa shape index (κ1) is 18.0. The first-order valence-corrected chi connectivity index (χ1v) is 8.19. The number of nitrogens with one attached hydrogen (secondary N) is 1. The Hall–Kier alpha value is -2.33. The number of amides is 1. The van der Waals surface area contributed by atoms with Crippen LogP contribution in [0.2, 0.25) is 0 Å². The largest absolute Gasteiger partial charge is 0.492 e. The van der Waals surface area contributed by atoms with E-state index in [0.717, 1.165) is 17.0 Å². The van der Waals surface area contributed by atoms with Gasteiger partial charge in [0, 0.05) is 12.2 Å². The van der Waals surface area contributed by atoms with Crippen LogP contribution in [0.25, 0.3) is 0 Å². The van der Waals surface area contributed by atoms with Crippen molar-refractivity contribution < 1.29 is 9.53 Å². The van der Waals surface area contributed by atoms with Gasteiger partial charge in [0.1, 0.15) is 12.4 Å². The molecule has 128 valence electrons. The van der Waals surface area contributed by atoms with Crippen molar-refractivity contribution in [3.8, 4) is 5.75 Å². The maximum absolute atomic E-state index is 12.1. The molecule has 0 aliphatic carbocycles. The van der Waals surface area contributed by atoms with Crippen molar-refractivity contribution in [3.05, 3.63) is 59.2 Å². The van der Waals surface area contributed by atoms with Crippen molar-refractivity contribution in [3.63, 3.8) is 0 Å². The molecule has 0 spiro atoms. The third-order valence-corrected chi connectivity index (χ3v) is 3.83. The fraction of sp³-hybridized carbons (Fsp3) is 0.350. The Morgan fingerprint density at radius 1 is 1.04 bits per heavy atom. The molecule has 2 aromatic rings. The van der Waals surface area contributed by atoms with Crippen LogP contribution in [0.4, 0.5) is 5.69 Å². The summed E-state index contributed by atoms with van der Waals surface area (Å²) in [5.74, 6) is 0.841. The molecule has 1 amide bonds. The van der Waals surface area contributed by atoms with Gasteiger partial charge in [-0.25, -0.2) is 0 Å². The molecular formula is C20H26N2O2. The van der Waals surface area contributed by atoms with Gasteiger partial charge < -0.3 is 10.1 Å². The highest BCUT2D eigenvalue weighted by Crippen LogP contribution is 2.16. The summed E-state index contributed by atoms with van der Waals surface area (Å²) in [7, 11) is 1.92. The second kappa shape index (κ2) is 8.50. The maximum Gasteiger partial charge on any atom is 0.238 e. The van der Waals surface area contributed by atoms with E-state index in [1.807, 2.05) is 69.1 Å². The van der Waals surface area contributed by atoms with Gasteiger partial charge in [-0.05, 0) is 51.6 Å². The van der Waals surface area contributed by atoms with E-state index in [2.05, 4.69) is 11.4 Å². The van der Waals surface area contributed by atoms with Crippen LogP contribution in [0.5, 0.6) is 5.75 Å². The summed E-state index contributed by atoms with van der Waals surface area (Å²) in [6.07, 6.45) is 0. The molecular weight excluding hydrogens is 300 g/mol. The lowest BCUT2D eigenvalue weighted by molar-refractivity contribution is -0.117. The molecule has 0 aliphatic heterocycles. The molecule has 0 bridgehead atoms. The Labute approximate surface area is 144 Å². The van der Waals surface area contributed by atoms with Gasteiger partial charge in [-0.3, -0.25) is 9.69 Å². The van der Waals surface area contributed by atoms with E-state index >= 15 is 0 Å². The zero-order valence-corrected chi connectivity index (χ0v) is 14.9. The van der Waals surface area contributed by atoms with Gasteiger partial charge >= 0.3 is 0 Å². The molecule has 0 heterocycles. The summed E-state index contributed by atoms with van der Waals surface area (Å²) in [5, 5.41) is 2.96. The van der Waals surface area contributed by atoms with Gasteiger partial charge in [-0.2, -0.15) is 0 Å². The van der Waals surface area contributed by atoms with Crippen LogP contribution in [-0.2, 0) is 4.79 Å². The van der Waals surface area contributed by atoms with Crippen molar-refractivity contribution >= 4 is 11.6 Å². The van der Waals surface area contributed by atoms with Crippen LogP contribution in [0.1, 0.15) is 16.7 Å². The second-order valence-electron chi connectivity index (χ2n) is 6.27. The average molecular weight is 326 g/mol. The Kier molecular flexibility index (Phi) is 6.38. The fourth-order valence-corrected chi connectivity index (χ4v) is 2.42. The van der Waals surface area contributed by atoms with Crippen molar-refractivity contribution in [2.45, 2.75) is 20.8 Å². The number of carbonyl (C=O) groups excluding carboxylic acids is 1. The standard InChI is InChI=1S/C20H26N2O2/c1-15-5-8-18(9-6-15)24-12-11-22(4)14-20(23)21-19-10-7-16(2)13-17(19)3/h5-10,13H,11-12,14H2,1-4H3,(H,21,23). The zero-order valence-electron chi connectivity index (χ0n) is 14.9. The lowest BCUT2D eigenvalue weighted by Gasteiger charge is -2.17. The van der Waals surface area contributed by atoms with Crippen molar-refractivity contribution in [1.29, 1.82) is 0 Å². The van der Waals surface area contributed by atoms with Crippen LogP contribution < -0.4 is 10.1 Å². The summed E-state index contributed by atoms with van der Waals surface area (Å²) in [6.45, 7) is 7.67. The smallest absolute Gasteiger partial charge is 0.238 e. The van der Waals surface area contributed by atoms with Crippen LogP contribution >= 0.6 is 0 Å². The summed E-state index contributed by atoms with van der Waals surface area (Å²) in [4.78, 5) is 14.1. The Morgan fingerprint density at radius 3 is 2.38 bits per heavy atom. The molecule has 2 rings (SSSR count). The quantitative estimate of drug-likeness (QED) is 0.846. The highest BCUT2D eigenvalue weighted by molar-refractivity contribution is 5.92. The lowest BCUT2D eigenvalue weighted by Crippen LogP contribution is -2.33. The molecule has 4 nitrogen and oxygen atoms in total. The number of likely N-dealkylation sites (N-methyl/N-ethyl adjacent to an activating group) is 1. The van der Waals surface area contributed by atoms with E-state index in [1.165, 1.54) is 11.1 Å².